The summed E-state index contributed by atoms with van der Waals surface area (Å²) in [7, 11) is -3.63. The molecule has 0 bridgehead atoms. The van der Waals surface area contributed by atoms with Crippen molar-refractivity contribution in [2.75, 3.05) is 18.4 Å². The maximum atomic E-state index is 13.3. The molecular weight excluding hydrogens is 451 g/mol. The molecule has 7 nitrogen and oxygen atoms in total. The second-order valence-electron chi connectivity index (χ2n) is 7.57. The van der Waals surface area contributed by atoms with Crippen LogP contribution in [0, 0.1) is 5.82 Å². The van der Waals surface area contributed by atoms with Crippen molar-refractivity contribution in [3.05, 3.63) is 69.9 Å². The third-order valence-electron chi connectivity index (χ3n) is 5.42. The molecule has 1 aliphatic rings. The third-order valence-corrected chi connectivity index (χ3v) is 8.47. The summed E-state index contributed by atoms with van der Waals surface area (Å²) in [6.07, 6.45) is 2.09. The van der Waals surface area contributed by atoms with Gasteiger partial charge in [-0.25, -0.2) is 12.8 Å². The lowest BCUT2D eigenvalue weighted by Crippen LogP contribution is -2.39. The number of hydrogen-bond donors (Lipinski definition) is 1. The first-order valence-corrected chi connectivity index (χ1v) is 12.6. The van der Waals surface area contributed by atoms with Crippen molar-refractivity contribution in [1.29, 1.82) is 0 Å². The van der Waals surface area contributed by atoms with Gasteiger partial charge < -0.3 is 5.32 Å². The van der Waals surface area contributed by atoms with Crippen LogP contribution in [0.5, 0.6) is 0 Å². The van der Waals surface area contributed by atoms with Crippen molar-refractivity contribution in [2.45, 2.75) is 37.0 Å². The number of carbonyl (C=O) groups excluding carboxylic acids is 1. The minimum Gasteiger partial charge on any atom is -0.320 e. The highest BCUT2D eigenvalue weighted by Gasteiger charge is 2.33. The van der Waals surface area contributed by atoms with Crippen LogP contribution in [0.1, 0.15) is 46.1 Å². The number of rotatable bonds is 6. The van der Waals surface area contributed by atoms with E-state index >= 15 is 0 Å². The molecule has 168 valence electrons. The van der Waals surface area contributed by atoms with Gasteiger partial charge in [-0.1, -0.05) is 42.5 Å². The van der Waals surface area contributed by atoms with Crippen molar-refractivity contribution in [3.63, 3.8) is 0 Å². The van der Waals surface area contributed by atoms with Gasteiger partial charge in [-0.15, -0.1) is 10.2 Å². The Labute approximate surface area is 190 Å². The lowest BCUT2D eigenvalue weighted by molar-refractivity contribution is 0.102. The average molecular weight is 475 g/mol. The van der Waals surface area contributed by atoms with Gasteiger partial charge in [0.1, 0.15) is 10.8 Å². The van der Waals surface area contributed by atoms with Crippen LogP contribution in [0.15, 0.2) is 53.4 Å². The lowest BCUT2D eigenvalue weighted by atomic mass is 10.0. The van der Waals surface area contributed by atoms with Crippen molar-refractivity contribution < 1.29 is 17.6 Å². The van der Waals surface area contributed by atoms with Crippen LogP contribution in [-0.2, 0) is 16.4 Å². The van der Waals surface area contributed by atoms with Crippen LogP contribution >= 0.6 is 11.3 Å². The van der Waals surface area contributed by atoms with Crippen molar-refractivity contribution >= 4 is 33.0 Å². The number of anilines is 1. The third kappa shape index (κ3) is 4.72. The van der Waals surface area contributed by atoms with Crippen molar-refractivity contribution in [2.24, 2.45) is 0 Å². The Bertz CT molecular complexity index is 1230. The van der Waals surface area contributed by atoms with Gasteiger partial charge in [-0.3, -0.25) is 4.79 Å². The predicted octanol–water partition coefficient (Wildman–Crippen LogP) is 4.06. The van der Waals surface area contributed by atoms with Crippen LogP contribution in [0.25, 0.3) is 0 Å². The zero-order valence-electron chi connectivity index (χ0n) is 17.5. The predicted molar refractivity (Wildman–Crippen MR) is 121 cm³/mol. The van der Waals surface area contributed by atoms with Gasteiger partial charge in [0.2, 0.25) is 15.0 Å². The van der Waals surface area contributed by atoms with E-state index in [1.54, 1.807) is 18.2 Å². The molecule has 2 heterocycles. The number of sulfonamides is 1. The van der Waals surface area contributed by atoms with Crippen LogP contribution < -0.4 is 5.32 Å². The molecule has 0 spiro atoms. The smallest absolute Gasteiger partial charge is 0.286 e. The van der Waals surface area contributed by atoms with E-state index in [9.17, 15) is 17.6 Å². The highest BCUT2D eigenvalue weighted by Crippen LogP contribution is 2.32. The Morgan fingerprint density at radius 3 is 2.81 bits per heavy atom. The SMILES string of the molecule is CCc1ccccc1S(=O)(=O)N1CCC[C@H](c2nnc(C(=O)Nc3cccc(F)c3)s2)C1. The van der Waals surface area contributed by atoms with Gasteiger partial charge in [0.25, 0.3) is 5.91 Å². The molecule has 1 aliphatic heterocycles. The minimum atomic E-state index is -3.63. The zero-order valence-corrected chi connectivity index (χ0v) is 19.1. The van der Waals surface area contributed by atoms with E-state index in [-0.39, 0.29) is 10.9 Å². The Morgan fingerprint density at radius 2 is 2.03 bits per heavy atom. The van der Waals surface area contributed by atoms with E-state index < -0.39 is 21.7 Å². The molecule has 1 N–H and O–H groups in total. The zero-order chi connectivity index (χ0) is 22.7. The number of nitrogens with zero attached hydrogens (tertiary/aromatic N) is 3. The van der Waals surface area contributed by atoms with E-state index in [0.29, 0.717) is 41.5 Å². The molecule has 1 amide bonds. The van der Waals surface area contributed by atoms with Crippen LogP contribution in [0.4, 0.5) is 10.1 Å². The molecule has 2 aromatic carbocycles. The standard InChI is InChI=1S/C22H23FN4O3S2/c1-2-15-7-3-4-11-19(15)32(29,30)27-12-6-8-16(14-27)21-25-26-22(31-21)20(28)24-18-10-5-9-17(23)13-18/h3-5,7,9-11,13,16H,2,6,8,12,14H2,1H3,(H,24,28)/t16-/m0/s1. The van der Waals surface area contributed by atoms with E-state index in [1.807, 2.05) is 19.1 Å². The number of nitrogens with one attached hydrogen (secondary N) is 1. The van der Waals surface area contributed by atoms with Crippen molar-refractivity contribution in [3.8, 4) is 0 Å². The Balaban J connectivity index is 1.49. The monoisotopic (exact) mass is 474 g/mol. The molecule has 4 rings (SSSR count). The molecule has 0 aliphatic carbocycles. The number of benzene rings is 2. The summed E-state index contributed by atoms with van der Waals surface area (Å²) in [5.74, 6) is -1.06. The number of carbonyl (C=O) groups is 1. The summed E-state index contributed by atoms with van der Waals surface area (Å²) >= 11 is 1.14. The van der Waals surface area contributed by atoms with Gasteiger partial charge >= 0.3 is 0 Å². The number of halogens is 1. The fourth-order valence-corrected chi connectivity index (χ4v) is 6.47. The highest BCUT2D eigenvalue weighted by molar-refractivity contribution is 7.89. The largest absolute Gasteiger partial charge is 0.320 e. The first kappa shape index (κ1) is 22.5. The number of aryl methyl sites for hydroxylation is 1. The van der Waals surface area contributed by atoms with Gasteiger partial charge in [0.15, 0.2) is 0 Å². The molecule has 1 atom stereocenters. The fourth-order valence-electron chi connectivity index (χ4n) is 3.79. The molecule has 1 aromatic heterocycles. The maximum absolute atomic E-state index is 13.3. The molecule has 0 radical (unpaired) electrons. The number of amides is 1. The van der Waals surface area contributed by atoms with Crippen LogP contribution in [0.2, 0.25) is 0 Å². The summed E-state index contributed by atoms with van der Waals surface area (Å²) in [4.78, 5) is 12.8. The molecule has 10 heteroatoms. The summed E-state index contributed by atoms with van der Waals surface area (Å²) in [5, 5.41) is 11.5. The van der Waals surface area contributed by atoms with Gasteiger partial charge in [-0.05, 0) is 49.1 Å². The molecule has 3 aromatic rings. The normalized spacial score (nSPS) is 17.2. The minimum absolute atomic E-state index is 0.138. The molecule has 1 saturated heterocycles. The summed E-state index contributed by atoms with van der Waals surface area (Å²) in [6.45, 7) is 2.67. The molecule has 1 fully saturated rings. The first-order valence-electron chi connectivity index (χ1n) is 10.4. The van der Waals surface area contributed by atoms with E-state index in [2.05, 4.69) is 15.5 Å². The topological polar surface area (TPSA) is 92.3 Å². The summed E-state index contributed by atoms with van der Waals surface area (Å²) < 4.78 is 41.4. The Morgan fingerprint density at radius 1 is 1.22 bits per heavy atom. The number of hydrogen-bond acceptors (Lipinski definition) is 6. The van der Waals surface area contributed by atoms with Gasteiger partial charge in [0, 0.05) is 24.7 Å². The number of piperidine rings is 1. The Hall–Kier alpha value is -2.69. The van der Waals surface area contributed by atoms with E-state index in [4.69, 9.17) is 0 Å². The number of aromatic nitrogens is 2. The molecule has 0 unspecified atom stereocenters. The highest BCUT2D eigenvalue weighted by atomic mass is 32.2. The lowest BCUT2D eigenvalue weighted by Gasteiger charge is -2.31. The molecule has 0 saturated carbocycles. The second kappa shape index (κ2) is 9.43. The maximum Gasteiger partial charge on any atom is 0.286 e. The quantitative estimate of drug-likeness (QED) is 0.582. The Kier molecular flexibility index (Phi) is 6.63. The van der Waals surface area contributed by atoms with Gasteiger partial charge in [0.05, 0.1) is 4.90 Å². The molecular formula is C22H23FN4O3S2. The summed E-state index contributed by atoms with van der Waals surface area (Å²) in [5.41, 5.74) is 1.12. The van der Waals surface area contributed by atoms with E-state index in [1.165, 1.54) is 22.5 Å². The fraction of sp³-hybridized carbons (Fsp3) is 0.318. The van der Waals surface area contributed by atoms with E-state index in [0.717, 1.165) is 23.3 Å². The van der Waals surface area contributed by atoms with Crippen molar-refractivity contribution in [1.82, 2.24) is 14.5 Å². The van der Waals surface area contributed by atoms with Gasteiger partial charge in [-0.2, -0.15) is 4.31 Å². The average Bonchev–Trinajstić information content (AvgIpc) is 3.30. The second-order valence-corrected chi connectivity index (χ2v) is 10.5. The molecule has 32 heavy (non-hydrogen) atoms. The first-order chi connectivity index (χ1) is 15.4. The summed E-state index contributed by atoms with van der Waals surface area (Å²) in [6, 6.07) is 12.7. The van der Waals surface area contributed by atoms with Crippen LogP contribution in [0.3, 0.4) is 0 Å². The van der Waals surface area contributed by atoms with Crippen LogP contribution in [-0.4, -0.2) is 41.9 Å².